The maximum absolute atomic E-state index is 12.1. The standard InChI is InChI=1S/C13H14F3NO5/c14-13(15,16)8-22-10-4-2-1-3-9(10)21-7-11(18)17-6-5-12(19)20/h1-4H,5-8H2,(H,17,18)(H,19,20). The number of hydrogen-bond acceptors (Lipinski definition) is 4. The highest BCUT2D eigenvalue weighted by atomic mass is 19.4. The molecule has 0 fully saturated rings. The van der Waals surface area contributed by atoms with E-state index in [1.165, 1.54) is 24.3 Å². The van der Waals surface area contributed by atoms with Crippen molar-refractivity contribution in [3.63, 3.8) is 0 Å². The average Bonchev–Trinajstić information content (AvgIpc) is 2.42. The second-order valence-corrected chi connectivity index (χ2v) is 4.13. The second kappa shape index (κ2) is 8.11. The fourth-order valence-electron chi connectivity index (χ4n) is 1.35. The third kappa shape index (κ3) is 7.36. The van der Waals surface area contributed by atoms with E-state index in [4.69, 9.17) is 9.84 Å². The van der Waals surface area contributed by atoms with Crippen LogP contribution in [-0.4, -0.2) is 42.9 Å². The molecule has 0 spiro atoms. The summed E-state index contributed by atoms with van der Waals surface area (Å²) in [7, 11) is 0. The van der Waals surface area contributed by atoms with Gasteiger partial charge in [0, 0.05) is 6.54 Å². The SMILES string of the molecule is O=C(O)CCNC(=O)COc1ccccc1OCC(F)(F)F. The Bertz CT molecular complexity index is 519. The molecule has 1 rings (SSSR count). The predicted molar refractivity (Wildman–Crippen MR) is 68.7 cm³/mol. The molecule has 22 heavy (non-hydrogen) atoms. The van der Waals surface area contributed by atoms with E-state index in [1.807, 2.05) is 0 Å². The Morgan fingerprint density at radius 2 is 1.73 bits per heavy atom. The maximum atomic E-state index is 12.1. The van der Waals surface area contributed by atoms with Gasteiger partial charge in [0.2, 0.25) is 0 Å². The number of carbonyl (C=O) groups excluding carboxylic acids is 1. The van der Waals surface area contributed by atoms with Crippen LogP contribution >= 0.6 is 0 Å². The van der Waals surface area contributed by atoms with Gasteiger partial charge in [0.1, 0.15) is 0 Å². The Balaban J connectivity index is 2.48. The number of halogens is 3. The van der Waals surface area contributed by atoms with Crippen LogP contribution in [0.25, 0.3) is 0 Å². The molecule has 0 saturated carbocycles. The summed E-state index contributed by atoms with van der Waals surface area (Å²) >= 11 is 0. The topological polar surface area (TPSA) is 84.9 Å². The number of alkyl halides is 3. The van der Waals surface area contributed by atoms with Crippen LogP contribution in [0.3, 0.4) is 0 Å². The Hall–Kier alpha value is -2.45. The second-order valence-electron chi connectivity index (χ2n) is 4.13. The zero-order valence-corrected chi connectivity index (χ0v) is 11.4. The lowest BCUT2D eigenvalue weighted by Gasteiger charge is -2.13. The molecule has 0 aliphatic rings. The number of rotatable bonds is 8. The van der Waals surface area contributed by atoms with Crippen molar-refractivity contribution in [2.75, 3.05) is 19.8 Å². The van der Waals surface area contributed by atoms with Gasteiger partial charge in [-0.05, 0) is 12.1 Å². The molecule has 2 N–H and O–H groups in total. The molecular formula is C13H14F3NO5. The smallest absolute Gasteiger partial charge is 0.422 e. The molecule has 0 aromatic heterocycles. The van der Waals surface area contributed by atoms with Crippen LogP contribution < -0.4 is 14.8 Å². The van der Waals surface area contributed by atoms with Gasteiger partial charge in [-0.3, -0.25) is 9.59 Å². The minimum Gasteiger partial charge on any atom is -0.481 e. The normalized spacial score (nSPS) is 10.9. The summed E-state index contributed by atoms with van der Waals surface area (Å²) in [5.41, 5.74) is 0. The average molecular weight is 321 g/mol. The van der Waals surface area contributed by atoms with Crippen LogP contribution in [0.2, 0.25) is 0 Å². The van der Waals surface area contributed by atoms with Gasteiger partial charge in [-0.25, -0.2) is 0 Å². The highest BCUT2D eigenvalue weighted by molar-refractivity contribution is 5.78. The molecular weight excluding hydrogens is 307 g/mol. The summed E-state index contributed by atoms with van der Waals surface area (Å²) in [5.74, 6) is -1.81. The largest absolute Gasteiger partial charge is 0.481 e. The van der Waals surface area contributed by atoms with Crippen LogP contribution in [0.15, 0.2) is 24.3 Å². The number of para-hydroxylation sites is 2. The van der Waals surface area contributed by atoms with Crippen LogP contribution in [0.4, 0.5) is 13.2 Å². The maximum Gasteiger partial charge on any atom is 0.422 e. The molecule has 122 valence electrons. The molecule has 1 aromatic carbocycles. The summed E-state index contributed by atoms with van der Waals surface area (Å²) in [6, 6.07) is 5.61. The van der Waals surface area contributed by atoms with Crippen LogP contribution in [0.1, 0.15) is 6.42 Å². The molecule has 6 nitrogen and oxygen atoms in total. The molecule has 0 atom stereocenters. The lowest BCUT2D eigenvalue weighted by Crippen LogP contribution is -2.30. The third-order valence-electron chi connectivity index (χ3n) is 2.26. The Morgan fingerprint density at radius 1 is 1.14 bits per heavy atom. The molecule has 1 aromatic rings. The van der Waals surface area contributed by atoms with Crippen molar-refractivity contribution in [1.82, 2.24) is 5.32 Å². The molecule has 0 radical (unpaired) electrons. The first-order valence-electron chi connectivity index (χ1n) is 6.18. The van der Waals surface area contributed by atoms with E-state index in [0.29, 0.717) is 0 Å². The monoisotopic (exact) mass is 321 g/mol. The number of aliphatic carboxylic acids is 1. The van der Waals surface area contributed by atoms with Crippen LogP contribution in [-0.2, 0) is 9.59 Å². The predicted octanol–water partition coefficient (Wildman–Crippen LogP) is 1.60. The molecule has 0 saturated heterocycles. The summed E-state index contributed by atoms with van der Waals surface area (Å²) in [6.07, 6.45) is -4.72. The number of amides is 1. The molecule has 9 heteroatoms. The number of carboxylic acid groups (broad SMARTS) is 1. The number of nitrogens with one attached hydrogen (secondary N) is 1. The fourth-order valence-corrected chi connectivity index (χ4v) is 1.35. The van der Waals surface area contributed by atoms with Gasteiger partial charge in [0.25, 0.3) is 5.91 Å². The zero-order valence-electron chi connectivity index (χ0n) is 11.4. The minimum atomic E-state index is -4.48. The van der Waals surface area contributed by atoms with E-state index in [1.54, 1.807) is 0 Å². The Kier molecular flexibility index (Phi) is 6.48. The van der Waals surface area contributed by atoms with Crippen molar-refractivity contribution in [2.45, 2.75) is 12.6 Å². The molecule has 0 unspecified atom stereocenters. The number of benzene rings is 1. The molecule has 0 heterocycles. The Morgan fingerprint density at radius 3 is 2.27 bits per heavy atom. The van der Waals surface area contributed by atoms with E-state index >= 15 is 0 Å². The summed E-state index contributed by atoms with van der Waals surface area (Å²) in [6.45, 7) is -2.01. The van der Waals surface area contributed by atoms with Crippen molar-refractivity contribution in [1.29, 1.82) is 0 Å². The quantitative estimate of drug-likeness (QED) is 0.760. The minimum absolute atomic E-state index is 0.0138. The first-order chi connectivity index (χ1) is 10.3. The molecule has 0 bridgehead atoms. The van der Waals surface area contributed by atoms with Gasteiger partial charge in [-0.15, -0.1) is 0 Å². The van der Waals surface area contributed by atoms with E-state index in [2.05, 4.69) is 10.1 Å². The van der Waals surface area contributed by atoms with Gasteiger partial charge < -0.3 is 19.9 Å². The fraction of sp³-hybridized carbons (Fsp3) is 0.385. The summed E-state index contributed by atoms with van der Waals surface area (Å²) in [4.78, 5) is 21.6. The van der Waals surface area contributed by atoms with Gasteiger partial charge in [-0.1, -0.05) is 12.1 Å². The van der Waals surface area contributed by atoms with Crippen molar-refractivity contribution in [3.05, 3.63) is 24.3 Å². The van der Waals surface area contributed by atoms with Crippen molar-refractivity contribution >= 4 is 11.9 Å². The first-order valence-corrected chi connectivity index (χ1v) is 6.18. The molecule has 1 amide bonds. The number of hydrogen-bond donors (Lipinski definition) is 2. The van der Waals surface area contributed by atoms with Crippen LogP contribution in [0, 0.1) is 0 Å². The summed E-state index contributed by atoms with van der Waals surface area (Å²) < 4.78 is 46.0. The number of ether oxygens (including phenoxy) is 2. The highest BCUT2D eigenvalue weighted by Crippen LogP contribution is 2.28. The van der Waals surface area contributed by atoms with E-state index < -0.39 is 31.3 Å². The van der Waals surface area contributed by atoms with E-state index in [-0.39, 0.29) is 24.5 Å². The van der Waals surface area contributed by atoms with Gasteiger partial charge >= 0.3 is 12.1 Å². The van der Waals surface area contributed by atoms with Crippen molar-refractivity contribution in [3.8, 4) is 11.5 Å². The summed E-state index contributed by atoms with van der Waals surface area (Å²) in [5, 5.41) is 10.7. The van der Waals surface area contributed by atoms with Crippen LogP contribution in [0.5, 0.6) is 11.5 Å². The van der Waals surface area contributed by atoms with E-state index in [0.717, 1.165) is 0 Å². The van der Waals surface area contributed by atoms with Gasteiger partial charge in [0.15, 0.2) is 24.7 Å². The lowest BCUT2D eigenvalue weighted by atomic mass is 10.3. The number of carbonyl (C=O) groups is 2. The third-order valence-corrected chi connectivity index (χ3v) is 2.26. The Labute approximate surface area is 123 Å². The molecule has 0 aliphatic heterocycles. The lowest BCUT2D eigenvalue weighted by molar-refractivity contribution is -0.153. The highest BCUT2D eigenvalue weighted by Gasteiger charge is 2.29. The van der Waals surface area contributed by atoms with Gasteiger partial charge in [0.05, 0.1) is 6.42 Å². The van der Waals surface area contributed by atoms with E-state index in [9.17, 15) is 22.8 Å². The number of carboxylic acids is 1. The van der Waals surface area contributed by atoms with Gasteiger partial charge in [-0.2, -0.15) is 13.2 Å². The van der Waals surface area contributed by atoms with Crippen molar-refractivity contribution < 1.29 is 37.3 Å². The molecule has 0 aliphatic carbocycles. The zero-order chi connectivity index (χ0) is 16.6. The van der Waals surface area contributed by atoms with Crippen molar-refractivity contribution in [2.24, 2.45) is 0 Å². The first kappa shape index (κ1) is 17.6.